The Hall–Kier alpha value is -1.40. The molecule has 1 aromatic carbocycles. The number of benzene rings is 1. The maximum atomic E-state index is 12.3. The summed E-state index contributed by atoms with van der Waals surface area (Å²) < 4.78 is 33.9. The minimum absolute atomic E-state index is 0.0204. The molecule has 0 saturated carbocycles. The fourth-order valence-electron chi connectivity index (χ4n) is 1.55. The maximum absolute atomic E-state index is 12.3. The molecule has 1 aromatic rings. The zero-order valence-corrected chi connectivity index (χ0v) is 11.0. The molecule has 1 rings (SSSR count). The third kappa shape index (κ3) is 5.40. The molecule has 0 heterocycles. The van der Waals surface area contributed by atoms with E-state index in [0.29, 0.717) is 13.1 Å². The van der Waals surface area contributed by atoms with E-state index in [2.05, 4.69) is 10.1 Å². The van der Waals surface area contributed by atoms with Crippen molar-refractivity contribution in [1.82, 2.24) is 5.32 Å². The first kappa shape index (κ1) is 15.7. The van der Waals surface area contributed by atoms with Crippen molar-refractivity contribution in [3.63, 3.8) is 0 Å². The monoisotopic (exact) mass is 275 g/mol. The largest absolute Gasteiger partial charge is 0.493 e. The smallest absolute Gasteiger partial charge is 0.387 e. The standard InChI is InChI=1S/C13H19F2NO3/c1-9(8-17)6-16-7-10-3-4-11(18-2)12(5-10)19-13(14)15/h3-5,9,13,16-17H,6-8H2,1-2H3. The van der Waals surface area contributed by atoms with Crippen LogP contribution in [0.25, 0.3) is 0 Å². The lowest BCUT2D eigenvalue weighted by molar-refractivity contribution is -0.0512. The highest BCUT2D eigenvalue weighted by Gasteiger charge is 2.11. The summed E-state index contributed by atoms with van der Waals surface area (Å²) in [5, 5.41) is 12.0. The van der Waals surface area contributed by atoms with Gasteiger partial charge in [0.15, 0.2) is 11.5 Å². The average molecular weight is 275 g/mol. The molecule has 19 heavy (non-hydrogen) atoms. The summed E-state index contributed by atoms with van der Waals surface area (Å²) in [4.78, 5) is 0. The molecule has 2 N–H and O–H groups in total. The molecule has 0 spiro atoms. The highest BCUT2D eigenvalue weighted by atomic mass is 19.3. The second-order valence-corrected chi connectivity index (χ2v) is 4.28. The SMILES string of the molecule is COc1ccc(CNCC(C)CO)cc1OC(F)F. The summed E-state index contributed by atoms with van der Waals surface area (Å²) in [6.45, 7) is 0.287. The Morgan fingerprint density at radius 1 is 1.32 bits per heavy atom. The Morgan fingerprint density at radius 3 is 2.63 bits per heavy atom. The number of hydrogen-bond donors (Lipinski definition) is 2. The van der Waals surface area contributed by atoms with Gasteiger partial charge in [-0.3, -0.25) is 0 Å². The molecule has 0 aromatic heterocycles. The van der Waals surface area contributed by atoms with Crippen molar-refractivity contribution in [1.29, 1.82) is 0 Å². The fourth-order valence-corrected chi connectivity index (χ4v) is 1.55. The molecular weight excluding hydrogens is 256 g/mol. The molecule has 0 radical (unpaired) electrons. The van der Waals surface area contributed by atoms with E-state index in [1.807, 2.05) is 6.92 Å². The van der Waals surface area contributed by atoms with Gasteiger partial charge < -0.3 is 19.9 Å². The number of halogens is 2. The third-order valence-electron chi connectivity index (χ3n) is 2.58. The van der Waals surface area contributed by atoms with Gasteiger partial charge in [-0.1, -0.05) is 13.0 Å². The number of alkyl halides is 2. The number of rotatable bonds is 8. The normalized spacial score (nSPS) is 12.5. The zero-order valence-electron chi connectivity index (χ0n) is 11.0. The van der Waals surface area contributed by atoms with E-state index in [-0.39, 0.29) is 24.0 Å². The number of aliphatic hydroxyl groups excluding tert-OH is 1. The van der Waals surface area contributed by atoms with Gasteiger partial charge in [-0.15, -0.1) is 0 Å². The average Bonchev–Trinajstić information content (AvgIpc) is 2.38. The van der Waals surface area contributed by atoms with Crippen molar-refractivity contribution < 1.29 is 23.4 Å². The third-order valence-corrected chi connectivity index (χ3v) is 2.58. The molecular formula is C13H19F2NO3. The van der Waals surface area contributed by atoms with Crippen molar-refractivity contribution in [2.24, 2.45) is 5.92 Å². The van der Waals surface area contributed by atoms with Crippen LogP contribution in [-0.4, -0.2) is 32.0 Å². The van der Waals surface area contributed by atoms with Crippen LogP contribution in [0.1, 0.15) is 12.5 Å². The lowest BCUT2D eigenvalue weighted by Gasteiger charge is -2.13. The van der Waals surface area contributed by atoms with Gasteiger partial charge in [0.05, 0.1) is 7.11 Å². The molecule has 1 atom stereocenters. The minimum Gasteiger partial charge on any atom is -0.493 e. The lowest BCUT2D eigenvalue weighted by atomic mass is 10.1. The van der Waals surface area contributed by atoms with Gasteiger partial charge in [-0.25, -0.2) is 0 Å². The van der Waals surface area contributed by atoms with Crippen LogP contribution in [0, 0.1) is 5.92 Å². The van der Waals surface area contributed by atoms with Gasteiger partial charge in [0, 0.05) is 19.7 Å². The van der Waals surface area contributed by atoms with Crippen LogP contribution < -0.4 is 14.8 Å². The number of nitrogens with one attached hydrogen (secondary N) is 1. The quantitative estimate of drug-likeness (QED) is 0.762. The predicted octanol–water partition coefficient (Wildman–Crippen LogP) is 2.01. The topological polar surface area (TPSA) is 50.7 Å². The fraction of sp³-hybridized carbons (Fsp3) is 0.538. The minimum atomic E-state index is -2.88. The van der Waals surface area contributed by atoms with E-state index in [1.165, 1.54) is 13.2 Å². The molecule has 4 nitrogen and oxygen atoms in total. The maximum Gasteiger partial charge on any atom is 0.387 e. The Balaban J connectivity index is 2.64. The Morgan fingerprint density at radius 2 is 2.05 bits per heavy atom. The van der Waals surface area contributed by atoms with E-state index in [4.69, 9.17) is 9.84 Å². The van der Waals surface area contributed by atoms with Crippen LogP contribution in [0.4, 0.5) is 8.78 Å². The summed E-state index contributed by atoms with van der Waals surface area (Å²) in [5.74, 6) is 0.440. The van der Waals surface area contributed by atoms with Crippen molar-refractivity contribution in [3.8, 4) is 11.5 Å². The molecule has 0 aliphatic rings. The van der Waals surface area contributed by atoms with Crippen molar-refractivity contribution >= 4 is 0 Å². The van der Waals surface area contributed by atoms with E-state index in [1.54, 1.807) is 12.1 Å². The first-order valence-corrected chi connectivity index (χ1v) is 6.00. The highest BCUT2D eigenvalue weighted by molar-refractivity contribution is 5.42. The molecule has 1 unspecified atom stereocenters. The number of hydrogen-bond acceptors (Lipinski definition) is 4. The molecule has 0 saturated heterocycles. The van der Waals surface area contributed by atoms with Crippen LogP contribution in [0.3, 0.4) is 0 Å². The Bertz CT molecular complexity index is 388. The van der Waals surface area contributed by atoms with Crippen LogP contribution in [-0.2, 0) is 6.54 Å². The summed E-state index contributed by atoms with van der Waals surface area (Å²) in [7, 11) is 1.40. The first-order valence-electron chi connectivity index (χ1n) is 6.00. The van der Waals surface area contributed by atoms with Crippen molar-refractivity contribution in [2.45, 2.75) is 20.1 Å². The van der Waals surface area contributed by atoms with Gasteiger partial charge >= 0.3 is 6.61 Å². The first-order chi connectivity index (χ1) is 9.06. The second-order valence-electron chi connectivity index (χ2n) is 4.28. The molecule has 0 fully saturated rings. The van der Waals surface area contributed by atoms with Gasteiger partial charge in [0.25, 0.3) is 0 Å². The van der Waals surface area contributed by atoms with Crippen LogP contribution in [0.15, 0.2) is 18.2 Å². The van der Waals surface area contributed by atoms with E-state index in [9.17, 15) is 8.78 Å². The van der Waals surface area contributed by atoms with Gasteiger partial charge in [-0.05, 0) is 23.6 Å². The summed E-state index contributed by atoms with van der Waals surface area (Å²) in [5.41, 5.74) is 0.807. The molecule has 0 bridgehead atoms. The zero-order chi connectivity index (χ0) is 14.3. The second kappa shape index (κ2) is 7.91. The summed E-state index contributed by atoms with van der Waals surface area (Å²) in [6, 6.07) is 4.87. The summed E-state index contributed by atoms with van der Waals surface area (Å²) >= 11 is 0. The molecule has 0 aliphatic heterocycles. The van der Waals surface area contributed by atoms with Crippen molar-refractivity contribution in [3.05, 3.63) is 23.8 Å². The van der Waals surface area contributed by atoms with E-state index in [0.717, 1.165) is 5.56 Å². The number of methoxy groups -OCH3 is 1. The highest BCUT2D eigenvalue weighted by Crippen LogP contribution is 2.29. The van der Waals surface area contributed by atoms with Gasteiger partial charge in [0.2, 0.25) is 0 Å². The van der Waals surface area contributed by atoms with E-state index < -0.39 is 6.61 Å². The van der Waals surface area contributed by atoms with Crippen LogP contribution in [0.5, 0.6) is 11.5 Å². The summed E-state index contributed by atoms with van der Waals surface area (Å²) in [6.07, 6.45) is 0. The lowest BCUT2D eigenvalue weighted by Crippen LogP contribution is -2.22. The van der Waals surface area contributed by atoms with Gasteiger partial charge in [-0.2, -0.15) is 8.78 Å². The van der Waals surface area contributed by atoms with E-state index >= 15 is 0 Å². The van der Waals surface area contributed by atoms with Crippen LogP contribution in [0.2, 0.25) is 0 Å². The van der Waals surface area contributed by atoms with Crippen molar-refractivity contribution in [2.75, 3.05) is 20.3 Å². The number of ether oxygens (including phenoxy) is 2. The van der Waals surface area contributed by atoms with Gasteiger partial charge in [0.1, 0.15) is 0 Å². The molecule has 6 heteroatoms. The Kier molecular flexibility index (Phi) is 6.52. The predicted molar refractivity (Wildman–Crippen MR) is 67.6 cm³/mol. The molecule has 0 aliphatic carbocycles. The molecule has 0 amide bonds. The molecule has 108 valence electrons. The number of aliphatic hydroxyl groups is 1. The Labute approximate surface area is 111 Å². The van der Waals surface area contributed by atoms with Crippen LogP contribution >= 0.6 is 0 Å².